The molecule has 0 aliphatic carbocycles. The SMILES string of the molecule is c1cn(CCCC2CCCN2)cn1. The first kappa shape index (κ1) is 8.75. The maximum absolute atomic E-state index is 4.02. The van der Waals surface area contributed by atoms with Crippen molar-refractivity contribution in [2.45, 2.75) is 38.3 Å². The van der Waals surface area contributed by atoms with Crippen molar-refractivity contribution in [3.8, 4) is 0 Å². The van der Waals surface area contributed by atoms with Crippen LogP contribution in [0.1, 0.15) is 25.7 Å². The smallest absolute Gasteiger partial charge is 0.0945 e. The van der Waals surface area contributed by atoms with Gasteiger partial charge in [0.1, 0.15) is 0 Å². The first-order valence-corrected chi connectivity index (χ1v) is 5.14. The summed E-state index contributed by atoms with van der Waals surface area (Å²) in [5.74, 6) is 0. The van der Waals surface area contributed by atoms with Gasteiger partial charge in [0.15, 0.2) is 0 Å². The van der Waals surface area contributed by atoms with Crippen LogP contribution in [0.3, 0.4) is 0 Å². The van der Waals surface area contributed by atoms with Crippen LogP contribution in [0.25, 0.3) is 0 Å². The molecule has 0 bridgehead atoms. The highest BCUT2D eigenvalue weighted by Gasteiger charge is 2.12. The zero-order valence-corrected chi connectivity index (χ0v) is 7.95. The van der Waals surface area contributed by atoms with Crippen molar-refractivity contribution in [1.29, 1.82) is 0 Å². The largest absolute Gasteiger partial charge is 0.337 e. The molecule has 0 spiro atoms. The van der Waals surface area contributed by atoms with Crippen molar-refractivity contribution in [2.24, 2.45) is 0 Å². The van der Waals surface area contributed by atoms with Crippen molar-refractivity contribution >= 4 is 0 Å². The number of nitrogens with one attached hydrogen (secondary N) is 1. The summed E-state index contributed by atoms with van der Waals surface area (Å²) in [5, 5.41) is 3.51. The fraction of sp³-hybridized carbons (Fsp3) is 0.700. The van der Waals surface area contributed by atoms with E-state index in [1.165, 1.54) is 32.2 Å². The number of aryl methyl sites for hydroxylation is 1. The van der Waals surface area contributed by atoms with Gasteiger partial charge >= 0.3 is 0 Å². The van der Waals surface area contributed by atoms with E-state index in [2.05, 4.69) is 14.9 Å². The molecular formula is C10H17N3. The molecule has 3 heteroatoms. The Morgan fingerprint density at radius 2 is 2.54 bits per heavy atom. The van der Waals surface area contributed by atoms with Gasteiger partial charge in [-0.1, -0.05) is 0 Å². The number of nitrogens with zero attached hydrogens (tertiary/aromatic N) is 2. The standard InChI is InChI=1S/C10H17N3/c1-3-10(12-5-1)4-2-7-13-8-6-11-9-13/h6,8-10,12H,1-5,7H2. The Morgan fingerprint density at radius 1 is 1.54 bits per heavy atom. The van der Waals surface area contributed by atoms with E-state index in [4.69, 9.17) is 0 Å². The molecule has 0 aromatic carbocycles. The van der Waals surface area contributed by atoms with E-state index < -0.39 is 0 Å². The van der Waals surface area contributed by atoms with E-state index in [-0.39, 0.29) is 0 Å². The maximum atomic E-state index is 4.02. The number of hydrogen-bond acceptors (Lipinski definition) is 2. The molecule has 0 radical (unpaired) electrons. The van der Waals surface area contributed by atoms with Crippen LogP contribution in [0.4, 0.5) is 0 Å². The van der Waals surface area contributed by atoms with Gasteiger partial charge in [-0.05, 0) is 32.2 Å². The van der Waals surface area contributed by atoms with Gasteiger partial charge in [-0.15, -0.1) is 0 Å². The average Bonchev–Trinajstić information content (AvgIpc) is 2.75. The van der Waals surface area contributed by atoms with Crippen molar-refractivity contribution in [2.75, 3.05) is 6.54 Å². The lowest BCUT2D eigenvalue weighted by Crippen LogP contribution is -2.21. The molecule has 1 fully saturated rings. The Morgan fingerprint density at radius 3 is 3.23 bits per heavy atom. The third-order valence-electron chi connectivity index (χ3n) is 2.69. The Kier molecular flexibility index (Phi) is 2.98. The highest BCUT2D eigenvalue weighted by molar-refractivity contribution is 4.76. The minimum absolute atomic E-state index is 0.781. The van der Waals surface area contributed by atoms with Gasteiger partial charge in [-0.2, -0.15) is 0 Å². The van der Waals surface area contributed by atoms with E-state index in [0.717, 1.165) is 12.6 Å². The molecule has 2 rings (SSSR count). The topological polar surface area (TPSA) is 29.9 Å². The van der Waals surface area contributed by atoms with Crippen LogP contribution < -0.4 is 5.32 Å². The molecule has 1 aromatic rings. The van der Waals surface area contributed by atoms with E-state index in [1.807, 2.05) is 18.7 Å². The molecule has 1 atom stereocenters. The molecule has 1 saturated heterocycles. The summed E-state index contributed by atoms with van der Waals surface area (Å²) in [6, 6.07) is 0.781. The second-order valence-corrected chi connectivity index (χ2v) is 3.74. The summed E-state index contributed by atoms with van der Waals surface area (Å²) in [5.41, 5.74) is 0. The number of rotatable bonds is 4. The molecular weight excluding hydrogens is 162 g/mol. The Bertz CT molecular complexity index is 224. The van der Waals surface area contributed by atoms with Crippen LogP contribution in [0.5, 0.6) is 0 Å². The van der Waals surface area contributed by atoms with E-state index in [1.54, 1.807) is 0 Å². The molecule has 1 unspecified atom stereocenters. The Labute approximate surface area is 79.2 Å². The Balaban J connectivity index is 1.63. The van der Waals surface area contributed by atoms with E-state index in [0.29, 0.717) is 0 Å². The average molecular weight is 179 g/mol. The lowest BCUT2D eigenvalue weighted by molar-refractivity contribution is 0.502. The zero-order chi connectivity index (χ0) is 8.93. The van der Waals surface area contributed by atoms with Gasteiger partial charge in [0.05, 0.1) is 6.33 Å². The fourth-order valence-electron chi connectivity index (χ4n) is 1.94. The normalized spacial score (nSPS) is 22.3. The Hall–Kier alpha value is -0.830. The quantitative estimate of drug-likeness (QED) is 0.757. The zero-order valence-electron chi connectivity index (χ0n) is 7.95. The van der Waals surface area contributed by atoms with E-state index >= 15 is 0 Å². The first-order valence-electron chi connectivity index (χ1n) is 5.14. The predicted octanol–water partition coefficient (Wildman–Crippen LogP) is 1.42. The minimum Gasteiger partial charge on any atom is -0.337 e. The lowest BCUT2D eigenvalue weighted by Gasteiger charge is -2.09. The first-order chi connectivity index (χ1) is 6.45. The predicted molar refractivity (Wildman–Crippen MR) is 52.5 cm³/mol. The van der Waals surface area contributed by atoms with Gasteiger partial charge in [0, 0.05) is 25.0 Å². The van der Waals surface area contributed by atoms with Crippen LogP contribution in [-0.2, 0) is 6.54 Å². The highest BCUT2D eigenvalue weighted by Crippen LogP contribution is 2.11. The summed E-state index contributed by atoms with van der Waals surface area (Å²) < 4.78 is 2.15. The van der Waals surface area contributed by atoms with Crippen molar-refractivity contribution < 1.29 is 0 Å². The third kappa shape index (κ3) is 2.56. The molecule has 3 nitrogen and oxygen atoms in total. The fourth-order valence-corrected chi connectivity index (χ4v) is 1.94. The molecule has 0 saturated carbocycles. The van der Waals surface area contributed by atoms with Gasteiger partial charge in [-0.25, -0.2) is 4.98 Å². The van der Waals surface area contributed by atoms with E-state index in [9.17, 15) is 0 Å². The summed E-state index contributed by atoms with van der Waals surface area (Å²) >= 11 is 0. The molecule has 1 aliphatic heterocycles. The second kappa shape index (κ2) is 4.42. The molecule has 1 aliphatic rings. The molecule has 72 valence electrons. The maximum Gasteiger partial charge on any atom is 0.0945 e. The van der Waals surface area contributed by atoms with Crippen LogP contribution in [0, 0.1) is 0 Å². The minimum atomic E-state index is 0.781. The second-order valence-electron chi connectivity index (χ2n) is 3.74. The summed E-state index contributed by atoms with van der Waals surface area (Å²) in [6.07, 6.45) is 11.0. The van der Waals surface area contributed by atoms with Crippen LogP contribution in [0.15, 0.2) is 18.7 Å². The van der Waals surface area contributed by atoms with Gasteiger partial charge in [-0.3, -0.25) is 0 Å². The van der Waals surface area contributed by atoms with Crippen molar-refractivity contribution in [3.63, 3.8) is 0 Å². The summed E-state index contributed by atoms with van der Waals surface area (Å²) in [4.78, 5) is 4.02. The third-order valence-corrected chi connectivity index (χ3v) is 2.69. The molecule has 2 heterocycles. The molecule has 1 aromatic heterocycles. The van der Waals surface area contributed by atoms with Crippen LogP contribution in [-0.4, -0.2) is 22.1 Å². The molecule has 0 amide bonds. The number of imidazole rings is 1. The molecule has 13 heavy (non-hydrogen) atoms. The van der Waals surface area contributed by atoms with Crippen molar-refractivity contribution in [1.82, 2.24) is 14.9 Å². The van der Waals surface area contributed by atoms with Gasteiger partial charge in [0.2, 0.25) is 0 Å². The molecule has 1 N–H and O–H groups in total. The van der Waals surface area contributed by atoms with Crippen molar-refractivity contribution in [3.05, 3.63) is 18.7 Å². The van der Waals surface area contributed by atoms with Crippen LogP contribution in [0.2, 0.25) is 0 Å². The monoisotopic (exact) mass is 179 g/mol. The summed E-state index contributed by atoms with van der Waals surface area (Å²) in [6.45, 7) is 2.33. The van der Waals surface area contributed by atoms with Crippen LogP contribution >= 0.6 is 0 Å². The van der Waals surface area contributed by atoms with Gasteiger partial charge < -0.3 is 9.88 Å². The summed E-state index contributed by atoms with van der Waals surface area (Å²) in [7, 11) is 0. The lowest BCUT2D eigenvalue weighted by atomic mass is 10.1. The number of hydrogen-bond donors (Lipinski definition) is 1. The number of aromatic nitrogens is 2. The van der Waals surface area contributed by atoms with Gasteiger partial charge in [0.25, 0.3) is 0 Å². The highest BCUT2D eigenvalue weighted by atomic mass is 15.0.